The Morgan fingerprint density at radius 1 is 1.33 bits per heavy atom. The first-order valence-corrected chi connectivity index (χ1v) is 5.59. The Labute approximate surface area is 116 Å². The van der Waals surface area contributed by atoms with E-state index in [0.717, 1.165) is 24.4 Å². The second-order valence-electron chi connectivity index (χ2n) is 4.00. The summed E-state index contributed by atoms with van der Waals surface area (Å²) in [5.41, 5.74) is -2.11. The summed E-state index contributed by atoms with van der Waals surface area (Å²) < 4.78 is 43.7. The number of rotatable bonds is 4. The average Bonchev–Trinajstić information content (AvgIpc) is 2.80. The number of alkyl halides is 3. The zero-order valence-corrected chi connectivity index (χ0v) is 10.3. The number of carboxylic acid groups (broad SMARTS) is 1. The van der Waals surface area contributed by atoms with E-state index in [1.807, 2.05) is 0 Å². The fraction of sp³-hybridized carbons (Fsp3) is 0.167. The molecule has 0 bridgehead atoms. The maximum Gasteiger partial charge on any atom is 0.416 e. The first kappa shape index (κ1) is 14.7. The van der Waals surface area contributed by atoms with Gasteiger partial charge in [0, 0.05) is 11.6 Å². The zero-order valence-electron chi connectivity index (χ0n) is 10.3. The third-order valence-electron chi connectivity index (χ3n) is 2.63. The summed E-state index contributed by atoms with van der Waals surface area (Å²) in [5.74, 6) is -1.63. The zero-order chi connectivity index (χ0) is 15.6. The van der Waals surface area contributed by atoms with Crippen LogP contribution in [-0.4, -0.2) is 26.2 Å². The van der Waals surface area contributed by atoms with Crippen LogP contribution in [0, 0.1) is 0 Å². The molecule has 0 aliphatic rings. The van der Waals surface area contributed by atoms with Gasteiger partial charge in [-0.2, -0.15) is 13.2 Å². The van der Waals surface area contributed by atoms with Gasteiger partial charge in [0.25, 0.3) is 0 Å². The molecular formula is C12H9F3N2O4. The van der Waals surface area contributed by atoms with Crippen LogP contribution in [0.2, 0.25) is 0 Å². The minimum Gasteiger partial charge on any atom is -0.478 e. The van der Waals surface area contributed by atoms with Gasteiger partial charge in [-0.3, -0.25) is 0 Å². The highest BCUT2D eigenvalue weighted by Gasteiger charge is 2.35. The average molecular weight is 302 g/mol. The molecule has 0 atom stereocenters. The Kier molecular flexibility index (Phi) is 3.74. The number of benzene rings is 1. The van der Waals surface area contributed by atoms with Crippen molar-refractivity contribution in [1.82, 2.24) is 9.94 Å². The van der Waals surface area contributed by atoms with Crippen LogP contribution in [0.25, 0.3) is 0 Å². The van der Waals surface area contributed by atoms with Crippen molar-refractivity contribution in [1.29, 1.82) is 0 Å². The summed E-state index contributed by atoms with van der Waals surface area (Å²) in [6, 6.07) is 4.06. The van der Waals surface area contributed by atoms with E-state index >= 15 is 0 Å². The predicted octanol–water partition coefficient (Wildman–Crippen LogP) is 2.42. The molecule has 0 aliphatic carbocycles. The maximum absolute atomic E-state index is 12.9. The number of hydrogen-bond acceptors (Lipinski definition) is 4. The molecule has 9 heteroatoms. The molecule has 0 spiro atoms. The number of carboxylic acids is 1. The summed E-state index contributed by atoms with van der Waals surface area (Å²) in [4.78, 5) is 11.5. The molecule has 0 saturated heterocycles. The molecule has 2 rings (SSSR count). The van der Waals surface area contributed by atoms with Crippen molar-refractivity contribution in [2.45, 2.75) is 12.8 Å². The Hall–Kier alpha value is -2.71. The molecule has 0 saturated carbocycles. The molecule has 0 unspecified atom stereocenters. The highest BCUT2D eigenvalue weighted by molar-refractivity contribution is 5.89. The maximum atomic E-state index is 12.9. The number of hydrogen-bond donors (Lipinski definition) is 2. The molecule has 6 nitrogen and oxygen atoms in total. The molecule has 0 amide bonds. The van der Waals surface area contributed by atoms with Gasteiger partial charge < -0.3 is 15.1 Å². The van der Waals surface area contributed by atoms with Crippen molar-refractivity contribution in [2.24, 2.45) is 0 Å². The summed E-state index contributed by atoms with van der Waals surface area (Å²) in [7, 11) is 0. The summed E-state index contributed by atoms with van der Waals surface area (Å²) >= 11 is 0. The monoisotopic (exact) mass is 302 g/mol. The molecular weight excluding hydrogens is 293 g/mol. The van der Waals surface area contributed by atoms with Crippen molar-refractivity contribution < 1.29 is 33.0 Å². The summed E-state index contributed by atoms with van der Waals surface area (Å²) in [6.45, 7) is -0.645. The SMILES string of the molecule is O=C(O)c1cccc(C(F)(F)F)c1COc1ccn(O)n1. The normalized spacial score (nSPS) is 11.4. The number of ether oxygens (including phenoxy) is 1. The molecule has 1 aromatic carbocycles. The van der Waals surface area contributed by atoms with Gasteiger partial charge in [-0.25, -0.2) is 4.79 Å². The first-order valence-electron chi connectivity index (χ1n) is 5.59. The predicted molar refractivity (Wildman–Crippen MR) is 62.1 cm³/mol. The quantitative estimate of drug-likeness (QED) is 0.847. The molecule has 112 valence electrons. The second-order valence-corrected chi connectivity index (χ2v) is 4.00. The van der Waals surface area contributed by atoms with Crippen LogP contribution in [0.3, 0.4) is 0 Å². The van der Waals surface area contributed by atoms with Crippen LogP contribution in [0.1, 0.15) is 21.5 Å². The lowest BCUT2D eigenvalue weighted by Crippen LogP contribution is -2.15. The number of aromatic nitrogens is 2. The second kappa shape index (κ2) is 5.35. The van der Waals surface area contributed by atoms with Crippen LogP contribution in [0.5, 0.6) is 5.88 Å². The molecule has 2 N–H and O–H groups in total. The number of nitrogens with zero attached hydrogens (tertiary/aromatic N) is 2. The van der Waals surface area contributed by atoms with Crippen LogP contribution < -0.4 is 4.74 Å². The minimum absolute atomic E-state index is 0.134. The molecule has 21 heavy (non-hydrogen) atoms. The molecule has 1 heterocycles. The lowest BCUT2D eigenvalue weighted by Gasteiger charge is -2.15. The van der Waals surface area contributed by atoms with Gasteiger partial charge in [-0.15, -0.1) is 4.85 Å². The molecule has 1 aromatic heterocycles. The van der Waals surface area contributed by atoms with Crippen LogP contribution >= 0.6 is 0 Å². The van der Waals surface area contributed by atoms with Crippen molar-refractivity contribution in [3.05, 3.63) is 47.2 Å². The van der Waals surface area contributed by atoms with E-state index < -0.39 is 35.4 Å². The van der Waals surface area contributed by atoms with Crippen LogP contribution in [-0.2, 0) is 12.8 Å². The smallest absolute Gasteiger partial charge is 0.416 e. The fourth-order valence-corrected chi connectivity index (χ4v) is 1.73. The van der Waals surface area contributed by atoms with Crippen molar-refractivity contribution >= 4 is 5.97 Å². The van der Waals surface area contributed by atoms with Crippen molar-refractivity contribution in [3.63, 3.8) is 0 Å². The van der Waals surface area contributed by atoms with Crippen LogP contribution in [0.4, 0.5) is 13.2 Å². The number of carbonyl (C=O) groups is 1. The van der Waals surface area contributed by atoms with E-state index in [9.17, 15) is 18.0 Å². The number of halogens is 3. The standard InChI is InChI=1S/C12H9F3N2O4/c13-12(14,15)9-3-1-2-7(11(18)19)8(9)6-21-10-4-5-17(20)16-10/h1-5,20H,6H2,(H,18,19). The minimum atomic E-state index is -4.71. The summed E-state index contributed by atoms with van der Waals surface area (Å²) in [5, 5.41) is 21.3. The van der Waals surface area contributed by atoms with Gasteiger partial charge in [-0.1, -0.05) is 11.2 Å². The van der Waals surface area contributed by atoms with Gasteiger partial charge in [0.1, 0.15) is 6.61 Å². The first-order chi connectivity index (χ1) is 9.79. The van der Waals surface area contributed by atoms with Gasteiger partial charge in [-0.05, 0) is 12.1 Å². The Morgan fingerprint density at radius 2 is 2.05 bits per heavy atom. The lowest BCUT2D eigenvalue weighted by atomic mass is 10.0. The van der Waals surface area contributed by atoms with Crippen molar-refractivity contribution in [2.75, 3.05) is 0 Å². The van der Waals surface area contributed by atoms with Gasteiger partial charge in [0.2, 0.25) is 5.88 Å². The lowest BCUT2D eigenvalue weighted by molar-refractivity contribution is -0.138. The van der Waals surface area contributed by atoms with E-state index in [4.69, 9.17) is 15.1 Å². The van der Waals surface area contributed by atoms with Gasteiger partial charge in [0.15, 0.2) is 0 Å². The topological polar surface area (TPSA) is 84.6 Å². The Bertz CT molecular complexity index is 667. The van der Waals surface area contributed by atoms with E-state index in [-0.39, 0.29) is 5.88 Å². The van der Waals surface area contributed by atoms with E-state index in [0.29, 0.717) is 4.85 Å². The highest BCUT2D eigenvalue weighted by atomic mass is 19.4. The third-order valence-corrected chi connectivity index (χ3v) is 2.63. The number of aromatic carboxylic acids is 1. The van der Waals surface area contributed by atoms with Crippen LogP contribution in [0.15, 0.2) is 30.5 Å². The summed E-state index contributed by atoms with van der Waals surface area (Å²) in [6.07, 6.45) is -3.59. The van der Waals surface area contributed by atoms with E-state index in [2.05, 4.69) is 5.10 Å². The Morgan fingerprint density at radius 3 is 2.57 bits per heavy atom. The highest BCUT2D eigenvalue weighted by Crippen LogP contribution is 2.34. The fourth-order valence-electron chi connectivity index (χ4n) is 1.73. The molecule has 0 radical (unpaired) electrons. The third kappa shape index (κ3) is 3.25. The molecule has 0 aliphatic heterocycles. The molecule has 0 fully saturated rings. The van der Waals surface area contributed by atoms with E-state index in [1.165, 1.54) is 6.07 Å². The van der Waals surface area contributed by atoms with Gasteiger partial charge in [0.05, 0.1) is 17.3 Å². The Balaban J connectivity index is 2.37. The van der Waals surface area contributed by atoms with Crippen molar-refractivity contribution in [3.8, 4) is 5.88 Å². The van der Waals surface area contributed by atoms with E-state index in [1.54, 1.807) is 0 Å². The largest absolute Gasteiger partial charge is 0.478 e. The van der Waals surface area contributed by atoms with Gasteiger partial charge >= 0.3 is 12.1 Å². The molecule has 2 aromatic rings.